The average molecular weight is 691 g/mol. The van der Waals surface area contributed by atoms with E-state index >= 15 is 0 Å². The van der Waals surface area contributed by atoms with Crippen LogP contribution in [-0.4, -0.2) is 35.8 Å². The van der Waals surface area contributed by atoms with Crippen molar-refractivity contribution >= 4 is 28.4 Å². The van der Waals surface area contributed by atoms with Crippen molar-refractivity contribution in [2.24, 2.45) is 29.6 Å². The average Bonchev–Trinajstić information content (AvgIpc) is 3.09. The fourth-order valence-electron chi connectivity index (χ4n) is 8.49. The van der Waals surface area contributed by atoms with Gasteiger partial charge in [-0.25, -0.2) is 0 Å². The third-order valence-corrected chi connectivity index (χ3v) is 12.4. The molecule has 7 heteroatoms. The number of Topliss-reactive ketones (excluding diaryl/α,β-unsaturated/α-hetero) is 1. The van der Waals surface area contributed by atoms with E-state index in [1.165, 1.54) is 57.4 Å². The summed E-state index contributed by atoms with van der Waals surface area (Å²) in [5.74, 6) is 2.08. The maximum atomic E-state index is 13.4. The van der Waals surface area contributed by atoms with Crippen LogP contribution in [0.5, 0.6) is 0 Å². The van der Waals surface area contributed by atoms with Crippen molar-refractivity contribution in [1.29, 1.82) is 0 Å². The summed E-state index contributed by atoms with van der Waals surface area (Å²) in [5, 5.41) is 16.1. The zero-order valence-corrected chi connectivity index (χ0v) is 32.0. The van der Waals surface area contributed by atoms with Crippen molar-refractivity contribution in [1.82, 2.24) is 5.32 Å². The number of aromatic carboxylic acids is 1. The van der Waals surface area contributed by atoms with Crippen molar-refractivity contribution in [3.63, 3.8) is 0 Å². The van der Waals surface area contributed by atoms with Crippen molar-refractivity contribution in [3.05, 3.63) is 46.5 Å². The van der Waals surface area contributed by atoms with E-state index in [1.807, 2.05) is 13.0 Å². The van der Waals surface area contributed by atoms with E-state index in [9.17, 15) is 19.5 Å². The van der Waals surface area contributed by atoms with Crippen LogP contribution in [0.15, 0.2) is 24.3 Å². The molecular weight excluding hydrogens is 622 g/mol. The molecule has 4 fully saturated rings. The number of hydrogen-bond acceptors (Lipinski definition) is 4. The molecule has 278 valence electrons. The molecule has 2 aromatic carbocycles. The first-order chi connectivity index (χ1) is 23.8. The van der Waals surface area contributed by atoms with E-state index in [0.29, 0.717) is 46.1 Å². The molecule has 4 aliphatic rings. The Morgan fingerprint density at radius 3 is 1.48 bits per heavy atom. The van der Waals surface area contributed by atoms with Gasteiger partial charge in [0.2, 0.25) is 0 Å². The fraction of sp³-hybridized carbons (Fsp3) is 0.698. The lowest BCUT2D eigenvalue weighted by Crippen LogP contribution is -2.61. The molecule has 0 heterocycles. The van der Waals surface area contributed by atoms with E-state index in [-0.39, 0.29) is 23.3 Å². The second-order valence-electron chi connectivity index (χ2n) is 17.1. The molecule has 0 bridgehead atoms. The van der Waals surface area contributed by atoms with Gasteiger partial charge in [0.1, 0.15) is 0 Å². The maximum absolute atomic E-state index is 13.4. The standard InChI is InChI=1S/C29H37NO4.2C7H15N/c1-17-4-9-20(10-5-17)16-25(31)22-13-8-19(3)26-23(14-15-24(27(22)26)29(33)34)28(32)30-21-11-6-18(2)7-12-21;2*1-6-2-4-7(8)5-3-6/h8,13-15,17-18,20-21H,4-7,9-12,16H2,1-3H3,(H,30,32)(H,33,34);2*6-7H,2-5,8H2,1H3/p+1. The predicted octanol–water partition coefficient (Wildman–Crippen LogP) is 6.83. The highest BCUT2D eigenvalue weighted by Gasteiger charge is 2.26. The topological polar surface area (TPSA) is 142 Å². The summed E-state index contributed by atoms with van der Waals surface area (Å²) in [6, 6.07) is 8.21. The number of rotatable bonds is 6. The van der Waals surface area contributed by atoms with Crippen LogP contribution in [-0.2, 0) is 0 Å². The summed E-state index contributed by atoms with van der Waals surface area (Å²) in [6.07, 6.45) is 19.9. The Balaban J connectivity index is 0.000000286. The van der Waals surface area contributed by atoms with Crippen LogP contribution in [0.1, 0.15) is 173 Å². The number of amides is 1. The highest BCUT2D eigenvalue weighted by Crippen LogP contribution is 2.35. The van der Waals surface area contributed by atoms with Crippen LogP contribution in [0.3, 0.4) is 0 Å². The molecule has 0 spiro atoms. The minimum Gasteiger partial charge on any atom is -0.545 e. The number of ketones is 1. The Morgan fingerprint density at radius 2 is 1.02 bits per heavy atom. The van der Waals surface area contributed by atoms with Gasteiger partial charge in [-0.15, -0.1) is 0 Å². The summed E-state index contributed by atoms with van der Waals surface area (Å²) in [5.41, 5.74) is 9.64. The van der Waals surface area contributed by atoms with Crippen LogP contribution in [0, 0.1) is 36.5 Å². The molecule has 7 N–H and O–H groups in total. The zero-order valence-electron chi connectivity index (χ0n) is 32.0. The first kappa shape index (κ1) is 40.0. The van der Waals surface area contributed by atoms with Gasteiger partial charge in [-0.2, -0.15) is 0 Å². The molecule has 6 rings (SSSR count). The molecule has 0 saturated heterocycles. The number of carboxylic acids is 1. The number of carbonyl (C=O) groups is 3. The van der Waals surface area contributed by atoms with E-state index < -0.39 is 5.97 Å². The van der Waals surface area contributed by atoms with Crippen LogP contribution < -0.4 is 21.9 Å². The van der Waals surface area contributed by atoms with Crippen molar-refractivity contribution in [3.8, 4) is 0 Å². The number of nitrogens with one attached hydrogen (secondary N) is 1. The second-order valence-corrected chi connectivity index (χ2v) is 17.1. The lowest BCUT2D eigenvalue weighted by molar-refractivity contribution is -0.426. The summed E-state index contributed by atoms with van der Waals surface area (Å²) in [6.45, 7) is 11.0. The van der Waals surface area contributed by atoms with Gasteiger partial charge >= 0.3 is 0 Å². The fourth-order valence-corrected chi connectivity index (χ4v) is 8.49. The molecule has 0 aliphatic heterocycles. The Bertz CT molecular complexity index is 1370. The largest absolute Gasteiger partial charge is 0.545 e. The highest BCUT2D eigenvalue weighted by atomic mass is 16.4. The van der Waals surface area contributed by atoms with Crippen molar-refractivity contribution in [2.75, 3.05) is 0 Å². The summed E-state index contributed by atoms with van der Waals surface area (Å²) in [4.78, 5) is 38.8. The molecule has 0 atom stereocenters. The Labute approximate surface area is 302 Å². The lowest BCUT2D eigenvalue weighted by atomic mass is 9.79. The Hall–Kier alpha value is -2.77. The molecule has 0 unspecified atom stereocenters. The number of hydrogen-bond donors (Lipinski definition) is 3. The molecule has 4 saturated carbocycles. The number of aryl methyl sites for hydroxylation is 1. The number of fused-ring (bicyclic) bond motifs is 1. The smallest absolute Gasteiger partial charge is 0.252 e. The maximum Gasteiger partial charge on any atom is 0.252 e. The molecule has 7 nitrogen and oxygen atoms in total. The van der Waals surface area contributed by atoms with Crippen molar-refractivity contribution < 1.29 is 31.0 Å². The van der Waals surface area contributed by atoms with Gasteiger partial charge in [0.25, 0.3) is 5.91 Å². The lowest BCUT2D eigenvalue weighted by Gasteiger charge is -2.27. The SMILES string of the molecule is CC1CCC([NH3+])CC1.CC1CCC([NH3+])CC1.Cc1ccc(C(=O)CC2CCC(C)CC2)c2c(C(=O)[O-])ccc(C(=O)NC3CCC(C)CC3)c12. The zero-order chi connectivity index (χ0) is 36.4. The third kappa shape index (κ3) is 11.6. The van der Waals surface area contributed by atoms with Gasteiger partial charge in [0, 0.05) is 34.5 Å². The summed E-state index contributed by atoms with van der Waals surface area (Å²) in [7, 11) is 0. The predicted molar refractivity (Wildman–Crippen MR) is 201 cm³/mol. The molecule has 0 aromatic heterocycles. The Morgan fingerprint density at radius 1 is 0.600 bits per heavy atom. The molecular formula is C43H68N3O4+. The second kappa shape index (κ2) is 19.2. The Kier molecular flexibility index (Phi) is 15.3. The van der Waals surface area contributed by atoms with E-state index in [2.05, 4.69) is 44.5 Å². The summed E-state index contributed by atoms with van der Waals surface area (Å²) >= 11 is 0. The van der Waals surface area contributed by atoms with E-state index in [1.54, 1.807) is 12.1 Å². The van der Waals surface area contributed by atoms with Crippen LogP contribution >= 0.6 is 0 Å². The third-order valence-electron chi connectivity index (χ3n) is 12.4. The summed E-state index contributed by atoms with van der Waals surface area (Å²) < 4.78 is 0. The first-order valence-electron chi connectivity index (χ1n) is 20.1. The van der Waals surface area contributed by atoms with Gasteiger partial charge in [0.05, 0.1) is 18.1 Å². The van der Waals surface area contributed by atoms with Crippen molar-refractivity contribution in [2.45, 2.75) is 162 Å². The molecule has 1 amide bonds. The van der Waals surface area contributed by atoms with Gasteiger partial charge in [-0.1, -0.05) is 58.7 Å². The molecule has 2 aromatic rings. The van der Waals surface area contributed by atoms with Gasteiger partial charge < -0.3 is 26.7 Å². The monoisotopic (exact) mass is 691 g/mol. The normalized spacial score (nSPS) is 29.8. The van der Waals surface area contributed by atoms with Crippen LogP contribution in [0.2, 0.25) is 0 Å². The highest BCUT2D eigenvalue weighted by molar-refractivity contribution is 6.20. The van der Waals surface area contributed by atoms with Gasteiger partial charge in [-0.05, 0) is 143 Å². The van der Waals surface area contributed by atoms with E-state index in [4.69, 9.17) is 0 Å². The van der Waals surface area contributed by atoms with Gasteiger partial charge in [-0.3, -0.25) is 9.59 Å². The molecule has 50 heavy (non-hydrogen) atoms. The van der Waals surface area contributed by atoms with Crippen LogP contribution in [0.25, 0.3) is 10.8 Å². The van der Waals surface area contributed by atoms with Crippen LogP contribution in [0.4, 0.5) is 0 Å². The first-order valence-corrected chi connectivity index (χ1v) is 20.1. The minimum absolute atomic E-state index is 0.0256. The quantitative estimate of drug-likeness (QED) is 0.286. The minimum atomic E-state index is -1.33. The number of benzene rings is 2. The number of quaternary nitrogens is 2. The number of carbonyl (C=O) groups excluding carboxylic acids is 3. The van der Waals surface area contributed by atoms with Gasteiger partial charge in [0.15, 0.2) is 5.78 Å². The van der Waals surface area contributed by atoms with E-state index in [0.717, 1.165) is 80.8 Å². The molecule has 4 aliphatic carbocycles. The molecule has 0 radical (unpaired) electrons. The number of carboxylic acid groups (broad SMARTS) is 1.